The molecule has 1 aromatic carbocycles. The summed E-state index contributed by atoms with van der Waals surface area (Å²) >= 11 is 0. The maximum Gasteiger partial charge on any atom is 0.445 e. The van der Waals surface area contributed by atoms with Gasteiger partial charge in [-0.2, -0.15) is 0 Å². The van der Waals surface area contributed by atoms with Gasteiger partial charge in [0.25, 0.3) is 0 Å². The summed E-state index contributed by atoms with van der Waals surface area (Å²) < 4.78 is 0. The molecule has 0 saturated heterocycles. The number of benzene rings is 1. The van der Waals surface area contributed by atoms with E-state index in [0.29, 0.717) is 5.56 Å². The van der Waals surface area contributed by atoms with Crippen molar-refractivity contribution in [1.82, 2.24) is 4.90 Å². The van der Waals surface area contributed by atoms with Crippen LogP contribution in [0.25, 0.3) is 0 Å². The molecule has 0 aliphatic carbocycles. The number of carbonyl (C=O) groups excluding carboxylic acids is 2. The predicted octanol–water partition coefficient (Wildman–Crippen LogP) is 1.39. The van der Waals surface area contributed by atoms with Crippen LogP contribution in [0.1, 0.15) is 10.4 Å². The molecule has 0 saturated carbocycles. The van der Waals surface area contributed by atoms with Crippen molar-refractivity contribution < 1.29 is 24.4 Å². The highest BCUT2D eigenvalue weighted by Gasteiger charge is 2.11. The molecule has 86 valence electrons. The van der Waals surface area contributed by atoms with Gasteiger partial charge in [0.05, 0.1) is 5.56 Å². The first-order valence-electron chi connectivity index (χ1n) is 4.43. The van der Waals surface area contributed by atoms with Crippen LogP contribution in [-0.2, 0) is 14.8 Å². The number of nitrogens with zero attached hydrogens (tertiary/aromatic N) is 1. The van der Waals surface area contributed by atoms with E-state index >= 15 is 0 Å². The van der Waals surface area contributed by atoms with Crippen LogP contribution < -0.4 is 0 Å². The topological polar surface area (TPSA) is 65.1 Å². The lowest BCUT2D eigenvalue weighted by Crippen LogP contribution is -2.23. The summed E-state index contributed by atoms with van der Waals surface area (Å²) in [5, 5.41) is 4.03. The lowest BCUT2D eigenvalue weighted by Gasteiger charge is -2.07. The van der Waals surface area contributed by atoms with E-state index in [4.69, 9.17) is 0 Å². The third-order valence-electron chi connectivity index (χ3n) is 1.59. The first-order valence-corrected chi connectivity index (χ1v) is 4.43. The molecule has 1 aromatic rings. The number of rotatable bonds is 3. The van der Waals surface area contributed by atoms with E-state index in [1.54, 1.807) is 30.3 Å². The Morgan fingerprint density at radius 2 is 1.69 bits per heavy atom. The zero-order valence-electron chi connectivity index (χ0n) is 8.88. The Labute approximate surface area is 92.2 Å². The van der Waals surface area contributed by atoms with E-state index in [-0.39, 0.29) is 0 Å². The lowest BCUT2D eigenvalue weighted by molar-refractivity contribution is -0.448. The van der Waals surface area contributed by atoms with Gasteiger partial charge in [-0.3, -0.25) is 4.89 Å². The fraction of sp³-hybridized carbons (Fsp3) is 0.200. The third-order valence-corrected chi connectivity index (χ3v) is 1.59. The lowest BCUT2D eigenvalue weighted by atomic mass is 10.2. The molecule has 0 aliphatic heterocycles. The quantitative estimate of drug-likeness (QED) is 0.574. The first-order chi connectivity index (χ1) is 7.61. The molecule has 0 unspecified atom stereocenters. The minimum atomic E-state index is -0.777. The molecule has 6 nitrogen and oxygen atoms in total. The van der Waals surface area contributed by atoms with Crippen molar-refractivity contribution in [2.45, 2.75) is 0 Å². The molecule has 0 aliphatic rings. The van der Waals surface area contributed by atoms with Gasteiger partial charge < -0.3 is 4.90 Å². The number of hydrogen-bond donors (Lipinski definition) is 0. The van der Waals surface area contributed by atoms with E-state index in [9.17, 15) is 9.59 Å². The van der Waals surface area contributed by atoms with E-state index in [1.165, 1.54) is 14.1 Å². The fourth-order valence-corrected chi connectivity index (χ4v) is 0.774. The van der Waals surface area contributed by atoms with E-state index in [2.05, 4.69) is 14.8 Å². The Hall–Kier alpha value is -2.08. The van der Waals surface area contributed by atoms with E-state index in [0.717, 1.165) is 4.90 Å². The average molecular weight is 225 g/mol. The molecular formula is C10H11NO5. The maximum atomic E-state index is 11.2. The third kappa shape index (κ3) is 3.58. The summed E-state index contributed by atoms with van der Waals surface area (Å²) in [6.45, 7) is 0. The van der Waals surface area contributed by atoms with Crippen molar-refractivity contribution in [2.24, 2.45) is 0 Å². The van der Waals surface area contributed by atoms with Gasteiger partial charge in [0.1, 0.15) is 0 Å². The van der Waals surface area contributed by atoms with Crippen LogP contribution in [0.4, 0.5) is 4.79 Å². The van der Waals surface area contributed by atoms with Gasteiger partial charge in [-0.25, -0.2) is 14.5 Å². The Morgan fingerprint density at radius 1 is 1.06 bits per heavy atom. The van der Waals surface area contributed by atoms with Gasteiger partial charge >= 0.3 is 12.1 Å². The van der Waals surface area contributed by atoms with Crippen molar-refractivity contribution in [3.05, 3.63) is 35.9 Å². The van der Waals surface area contributed by atoms with Crippen LogP contribution in [0.3, 0.4) is 0 Å². The minimum Gasteiger partial charge on any atom is -0.312 e. The minimum absolute atomic E-state index is 0.295. The summed E-state index contributed by atoms with van der Waals surface area (Å²) in [7, 11) is 2.93. The van der Waals surface area contributed by atoms with Crippen LogP contribution in [0, 0.1) is 0 Å². The molecule has 0 fully saturated rings. The molecule has 16 heavy (non-hydrogen) atoms. The Kier molecular flexibility index (Phi) is 4.28. The van der Waals surface area contributed by atoms with Crippen LogP contribution >= 0.6 is 0 Å². The summed E-state index contributed by atoms with van der Waals surface area (Å²) in [4.78, 5) is 31.6. The number of amides is 1. The molecular weight excluding hydrogens is 214 g/mol. The molecule has 0 atom stereocenters. The zero-order valence-corrected chi connectivity index (χ0v) is 8.88. The molecule has 6 heteroatoms. The first kappa shape index (κ1) is 12.0. The van der Waals surface area contributed by atoms with Crippen molar-refractivity contribution in [3.63, 3.8) is 0 Å². The molecule has 1 rings (SSSR count). The summed E-state index contributed by atoms with van der Waals surface area (Å²) in [5.41, 5.74) is 0.295. The molecule has 0 heterocycles. The van der Waals surface area contributed by atoms with Gasteiger partial charge in [0.2, 0.25) is 0 Å². The molecule has 1 amide bonds. The van der Waals surface area contributed by atoms with Gasteiger partial charge in [-0.1, -0.05) is 18.2 Å². The second-order valence-corrected chi connectivity index (χ2v) is 3.05. The number of hydrogen-bond acceptors (Lipinski definition) is 5. The standard InChI is InChI=1S/C10H11NO5/c1-11(2)10(13)15-16-14-9(12)8-6-4-3-5-7-8/h3-7H,1-2H3. The average Bonchev–Trinajstić information content (AvgIpc) is 2.29. The van der Waals surface area contributed by atoms with Crippen molar-refractivity contribution >= 4 is 12.1 Å². The van der Waals surface area contributed by atoms with Crippen LogP contribution in [-0.4, -0.2) is 31.1 Å². The highest BCUT2D eigenvalue weighted by molar-refractivity contribution is 5.88. The molecule has 0 spiro atoms. The van der Waals surface area contributed by atoms with E-state index < -0.39 is 12.1 Å². The zero-order chi connectivity index (χ0) is 12.0. The highest BCUT2D eigenvalue weighted by atomic mass is 17.5. The van der Waals surface area contributed by atoms with Crippen LogP contribution in [0.2, 0.25) is 0 Å². The second kappa shape index (κ2) is 5.72. The Bertz CT molecular complexity index is 363. The maximum absolute atomic E-state index is 11.2. The van der Waals surface area contributed by atoms with Crippen LogP contribution in [0.5, 0.6) is 0 Å². The largest absolute Gasteiger partial charge is 0.445 e. The highest BCUT2D eigenvalue weighted by Crippen LogP contribution is 2.01. The smallest absolute Gasteiger partial charge is 0.312 e. The molecule has 0 aromatic heterocycles. The molecule has 0 radical (unpaired) electrons. The Morgan fingerprint density at radius 3 is 2.25 bits per heavy atom. The molecule has 0 bridgehead atoms. The van der Waals surface area contributed by atoms with Crippen molar-refractivity contribution in [2.75, 3.05) is 14.1 Å². The second-order valence-electron chi connectivity index (χ2n) is 3.05. The summed E-state index contributed by atoms with van der Waals surface area (Å²) in [5.74, 6) is -0.743. The van der Waals surface area contributed by atoms with Gasteiger partial charge in [0.15, 0.2) is 0 Å². The van der Waals surface area contributed by atoms with Gasteiger partial charge in [0, 0.05) is 19.1 Å². The van der Waals surface area contributed by atoms with Gasteiger partial charge in [-0.05, 0) is 12.1 Å². The number of carbonyl (C=O) groups is 2. The summed E-state index contributed by atoms with van der Waals surface area (Å²) in [6.07, 6.45) is -0.777. The Balaban J connectivity index is 2.34. The van der Waals surface area contributed by atoms with Crippen LogP contribution in [0.15, 0.2) is 30.3 Å². The molecule has 0 N–H and O–H groups in total. The van der Waals surface area contributed by atoms with Crippen molar-refractivity contribution in [1.29, 1.82) is 0 Å². The summed E-state index contributed by atoms with van der Waals surface area (Å²) in [6, 6.07) is 8.17. The monoisotopic (exact) mass is 225 g/mol. The predicted molar refractivity (Wildman–Crippen MR) is 53.1 cm³/mol. The van der Waals surface area contributed by atoms with Crippen molar-refractivity contribution in [3.8, 4) is 0 Å². The fourth-order valence-electron chi connectivity index (χ4n) is 0.774. The van der Waals surface area contributed by atoms with Gasteiger partial charge in [-0.15, -0.1) is 0 Å². The van der Waals surface area contributed by atoms with E-state index in [1.807, 2.05) is 0 Å². The normalized spacial score (nSPS) is 9.38. The SMILES string of the molecule is CN(C)C(=O)OOOC(=O)c1ccccc1.